The number of aromatic nitrogens is 3. The van der Waals surface area contributed by atoms with Gasteiger partial charge in [-0.2, -0.15) is 0 Å². The summed E-state index contributed by atoms with van der Waals surface area (Å²) in [6, 6.07) is 8.91. The van der Waals surface area contributed by atoms with Crippen LogP contribution in [-0.2, 0) is 13.0 Å². The Balaban J connectivity index is 1.16. The van der Waals surface area contributed by atoms with Crippen molar-refractivity contribution in [3.8, 4) is 5.75 Å². The molecule has 4 heterocycles. The Kier molecular flexibility index (Phi) is 7.29. The van der Waals surface area contributed by atoms with E-state index in [1.165, 1.54) is 18.2 Å². The van der Waals surface area contributed by atoms with Crippen molar-refractivity contribution in [2.45, 2.75) is 57.4 Å². The Bertz CT molecular complexity index is 1680. The molecule has 0 bridgehead atoms. The Labute approximate surface area is 234 Å². The van der Waals surface area contributed by atoms with Gasteiger partial charge in [0.05, 0.1) is 5.69 Å². The normalized spacial score (nSPS) is 18.0. The molecular weight excluding hydrogens is 534 g/mol. The average molecular weight is 565 g/mol. The van der Waals surface area contributed by atoms with Crippen LogP contribution in [0.4, 0.5) is 13.6 Å². The van der Waals surface area contributed by atoms with E-state index in [0.29, 0.717) is 55.0 Å². The van der Waals surface area contributed by atoms with Crippen molar-refractivity contribution in [1.29, 1.82) is 0 Å². The first-order valence-electron chi connectivity index (χ1n) is 13.9. The zero-order valence-corrected chi connectivity index (χ0v) is 22.6. The first-order chi connectivity index (χ1) is 19.8. The summed E-state index contributed by atoms with van der Waals surface area (Å²) < 4.78 is 40.3. The molecule has 1 saturated heterocycles. The maximum atomic E-state index is 15.2. The lowest BCUT2D eigenvalue weighted by atomic mass is 9.89. The average Bonchev–Trinajstić information content (AvgIpc) is 3.37. The van der Waals surface area contributed by atoms with Crippen molar-refractivity contribution in [2.24, 2.45) is 0 Å². The Hall–Kier alpha value is -4.12. The van der Waals surface area contributed by atoms with Gasteiger partial charge in [-0.25, -0.2) is 18.6 Å². The molecule has 2 aromatic heterocycles. The van der Waals surface area contributed by atoms with Crippen LogP contribution in [0.3, 0.4) is 0 Å². The highest BCUT2D eigenvalue weighted by molar-refractivity contribution is 5.79. The number of rotatable bonds is 6. The molecule has 2 aromatic carbocycles. The fourth-order valence-electron chi connectivity index (χ4n) is 6.26. The van der Waals surface area contributed by atoms with Crippen LogP contribution in [0.25, 0.3) is 11.0 Å². The molecule has 41 heavy (non-hydrogen) atoms. The molecular formula is C30H30F2N4O5. The highest BCUT2D eigenvalue weighted by atomic mass is 19.1. The van der Waals surface area contributed by atoms with E-state index in [1.807, 2.05) is 6.92 Å². The zero-order chi connectivity index (χ0) is 28.7. The summed E-state index contributed by atoms with van der Waals surface area (Å²) in [5, 5.41) is 14.0. The number of ether oxygens (including phenoxy) is 1. The number of carbonyl (C=O) groups is 1. The number of aryl methyl sites for hydroxylation is 1. The van der Waals surface area contributed by atoms with Crippen molar-refractivity contribution < 1.29 is 27.9 Å². The third-order valence-electron chi connectivity index (χ3n) is 8.37. The van der Waals surface area contributed by atoms with Crippen LogP contribution in [0.5, 0.6) is 5.75 Å². The highest BCUT2D eigenvalue weighted by Gasteiger charge is 2.30. The second-order valence-electron chi connectivity index (χ2n) is 10.8. The molecule has 0 spiro atoms. The topological polar surface area (TPSA) is 111 Å². The summed E-state index contributed by atoms with van der Waals surface area (Å²) in [6.45, 7) is 4.71. The lowest BCUT2D eigenvalue weighted by molar-refractivity contribution is 0.142. The smallest absolute Gasteiger partial charge is 0.449 e. The Morgan fingerprint density at radius 1 is 1.15 bits per heavy atom. The summed E-state index contributed by atoms with van der Waals surface area (Å²) in [5.41, 5.74) is 2.78. The van der Waals surface area contributed by atoms with Gasteiger partial charge in [-0.1, -0.05) is 17.3 Å². The van der Waals surface area contributed by atoms with Gasteiger partial charge in [-0.3, -0.25) is 9.36 Å². The monoisotopic (exact) mass is 564 g/mol. The van der Waals surface area contributed by atoms with Crippen LogP contribution >= 0.6 is 0 Å². The van der Waals surface area contributed by atoms with Crippen molar-refractivity contribution in [3.05, 3.63) is 86.7 Å². The maximum absolute atomic E-state index is 15.2. The number of halogens is 2. The minimum atomic E-state index is -1.59. The first kappa shape index (κ1) is 27.1. The molecule has 0 saturated carbocycles. The van der Waals surface area contributed by atoms with Gasteiger partial charge < -0.3 is 19.3 Å². The van der Waals surface area contributed by atoms with E-state index in [1.54, 1.807) is 22.8 Å². The number of piperidine rings is 1. The summed E-state index contributed by atoms with van der Waals surface area (Å²) in [4.78, 5) is 31.7. The molecule has 6 rings (SSSR count). The number of fused-ring (bicyclic) bond motifs is 2. The first-order valence-corrected chi connectivity index (χ1v) is 13.9. The second-order valence-corrected chi connectivity index (χ2v) is 10.8. The molecule has 1 atom stereocenters. The molecule has 1 fully saturated rings. The van der Waals surface area contributed by atoms with Crippen LogP contribution in [0.1, 0.15) is 65.9 Å². The Morgan fingerprint density at radius 3 is 2.73 bits per heavy atom. The fourth-order valence-corrected chi connectivity index (χ4v) is 6.26. The summed E-state index contributed by atoms with van der Waals surface area (Å²) in [6.07, 6.45) is 1.99. The number of nitrogens with zero attached hydrogens (tertiary/aromatic N) is 4. The quantitative estimate of drug-likeness (QED) is 0.246. The zero-order valence-electron chi connectivity index (χ0n) is 22.6. The van der Waals surface area contributed by atoms with Crippen molar-refractivity contribution in [1.82, 2.24) is 19.6 Å². The predicted octanol–water partition coefficient (Wildman–Crippen LogP) is 5.38. The summed E-state index contributed by atoms with van der Waals surface area (Å²) >= 11 is 0. The van der Waals surface area contributed by atoms with E-state index in [9.17, 15) is 14.0 Å². The number of likely N-dealkylation sites (tertiary alicyclic amines) is 1. The van der Waals surface area contributed by atoms with Crippen molar-refractivity contribution in [2.75, 3.05) is 19.6 Å². The van der Waals surface area contributed by atoms with E-state index in [-0.39, 0.29) is 28.6 Å². The molecule has 0 radical (unpaired) electrons. The molecule has 2 aliphatic rings. The third kappa shape index (κ3) is 5.21. The van der Waals surface area contributed by atoms with Gasteiger partial charge in [0.1, 0.15) is 11.6 Å². The lowest BCUT2D eigenvalue weighted by Crippen LogP contribution is -2.38. The van der Waals surface area contributed by atoms with E-state index in [0.717, 1.165) is 37.0 Å². The molecule has 1 N–H and O–H groups in total. The number of carboxylic acid groups (broad SMARTS) is 1. The number of benzene rings is 2. The van der Waals surface area contributed by atoms with Crippen LogP contribution in [0.15, 0.2) is 45.7 Å². The van der Waals surface area contributed by atoms with Crippen LogP contribution in [0, 0.1) is 18.6 Å². The van der Waals surface area contributed by atoms with Gasteiger partial charge in [-0.15, -0.1) is 0 Å². The highest BCUT2D eigenvalue weighted by Crippen LogP contribution is 2.36. The molecule has 4 aromatic rings. The third-order valence-corrected chi connectivity index (χ3v) is 8.37. The van der Waals surface area contributed by atoms with Crippen molar-refractivity contribution >= 4 is 17.1 Å². The second kappa shape index (κ2) is 11.0. The van der Waals surface area contributed by atoms with Gasteiger partial charge in [0, 0.05) is 53.2 Å². The van der Waals surface area contributed by atoms with Crippen LogP contribution in [0.2, 0.25) is 0 Å². The lowest BCUT2D eigenvalue weighted by Gasteiger charge is -2.31. The standard InChI is InChI=1S/C30H30F2N4O5/c1-17-20(11-15-35-13-9-18(10-14-35)27-23-8-7-19(31)16-25(23)41-34-27)29(37)36-12-3-5-22(28(36)33-17)21-4-2-6-24(26(21)32)40-30(38)39/h2,4,6-8,16,18,22H,3,5,9-15H2,1H3,(H,38,39). The van der Waals surface area contributed by atoms with Gasteiger partial charge in [-0.05, 0) is 70.3 Å². The SMILES string of the molecule is Cc1nc2n(c(=O)c1CCN1CCC(c3noc4cc(F)ccc34)CC1)CCCC2c1cccc(OC(=O)O)c1F. The van der Waals surface area contributed by atoms with Gasteiger partial charge >= 0.3 is 6.16 Å². The Morgan fingerprint density at radius 2 is 1.95 bits per heavy atom. The summed E-state index contributed by atoms with van der Waals surface area (Å²) in [5.74, 6) is -1.22. The molecule has 11 heteroatoms. The van der Waals surface area contributed by atoms with E-state index in [2.05, 4.69) is 14.8 Å². The predicted molar refractivity (Wildman–Crippen MR) is 145 cm³/mol. The van der Waals surface area contributed by atoms with Crippen molar-refractivity contribution in [3.63, 3.8) is 0 Å². The van der Waals surface area contributed by atoms with E-state index >= 15 is 4.39 Å². The van der Waals surface area contributed by atoms with Gasteiger partial charge in [0.2, 0.25) is 0 Å². The molecule has 0 amide bonds. The minimum Gasteiger partial charge on any atom is -0.449 e. The van der Waals surface area contributed by atoms with Gasteiger partial charge in [0.15, 0.2) is 17.1 Å². The number of hydrogen-bond donors (Lipinski definition) is 1. The molecule has 214 valence electrons. The van der Waals surface area contributed by atoms with E-state index in [4.69, 9.17) is 14.6 Å². The minimum absolute atomic E-state index is 0.105. The van der Waals surface area contributed by atoms with Crippen LogP contribution < -0.4 is 10.3 Å². The number of hydrogen-bond acceptors (Lipinski definition) is 7. The van der Waals surface area contributed by atoms with Crippen LogP contribution in [-0.4, -0.2) is 50.5 Å². The molecule has 2 aliphatic heterocycles. The van der Waals surface area contributed by atoms with E-state index < -0.39 is 17.9 Å². The fraction of sp³-hybridized carbons (Fsp3) is 0.400. The summed E-state index contributed by atoms with van der Waals surface area (Å²) in [7, 11) is 0. The van der Waals surface area contributed by atoms with Gasteiger partial charge in [0.25, 0.3) is 5.56 Å². The molecule has 0 aliphatic carbocycles. The molecule has 9 nitrogen and oxygen atoms in total. The largest absolute Gasteiger partial charge is 0.511 e. The molecule has 1 unspecified atom stereocenters. The maximum Gasteiger partial charge on any atom is 0.511 e.